The Morgan fingerprint density at radius 3 is 2.43 bits per heavy atom. The second-order valence-corrected chi connectivity index (χ2v) is 7.52. The molecule has 1 N–H and O–H groups in total. The molecule has 0 aliphatic heterocycles. The molecule has 4 nitrogen and oxygen atoms in total. The molecule has 0 aliphatic rings. The van der Waals surface area contributed by atoms with Gasteiger partial charge in [-0.1, -0.05) is 26.0 Å². The predicted molar refractivity (Wildman–Crippen MR) is 94.8 cm³/mol. The van der Waals surface area contributed by atoms with Crippen molar-refractivity contribution < 1.29 is 14.6 Å². The summed E-state index contributed by atoms with van der Waals surface area (Å²) in [6, 6.07) is 8.09. The molecule has 1 aromatic rings. The van der Waals surface area contributed by atoms with Crippen LogP contribution in [0.15, 0.2) is 24.3 Å². The number of aliphatic hydroxyl groups excluding tert-OH is 1. The van der Waals surface area contributed by atoms with E-state index in [2.05, 4.69) is 24.8 Å². The summed E-state index contributed by atoms with van der Waals surface area (Å²) >= 11 is 0. The van der Waals surface area contributed by atoms with Gasteiger partial charge in [-0.15, -0.1) is 0 Å². The molecule has 1 aromatic carbocycles. The highest BCUT2D eigenvalue weighted by Crippen LogP contribution is 2.16. The molecule has 0 aliphatic carbocycles. The normalized spacial score (nSPS) is 13.6. The molecule has 0 saturated carbocycles. The van der Waals surface area contributed by atoms with Crippen molar-refractivity contribution in [2.24, 2.45) is 5.92 Å². The third-order valence-corrected chi connectivity index (χ3v) is 3.34. The Kier molecular flexibility index (Phi) is 8.03. The fourth-order valence-electron chi connectivity index (χ4n) is 2.45. The minimum atomic E-state index is -0.487. The van der Waals surface area contributed by atoms with Crippen LogP contribution in [-0.2, 0) is 11.3 Å². The molecule has 1 atom stereocenters. The average Bonchev–Trinajstić information content (AvgIpc) is 2.44. The molecule has 0 aromatic heterocycles. The van der Waals surface area contributed by atoms with Gasteiger partial charge in [0.2, 0.25) is 0 Å². The SMILES string of the molecule is COc1cccc(CN(CC(C)C)C[C@@H](O)COC(C)(C)C)c1. The number of aliphatic hydroxyl groups is 1. The Hall–Kier alpha value is -1.10. The van der Waals surface area contributed by atoms with Crippen LogP contribution in [0, 0.1) is 5.92 Å². The number of nitrogens with zero attached hydrogens (tertiary/aromatic N) is 1. The van der Waals surface area contributed by atoms with Gasteiger partial charge in [0.15, 0.2) is 0 Å². The highest BCUT2D eigenvalue weighted by atomic mass is 16.5. The van der Waals surface area contributed by atoms with Gasteiger partial charge in [0.1, 0.15) is 5.75 Å². The molecule has 0 amide bonds. The summed E-state index contributed by atoms with van der Waals surface area (Å²) in [5, 5.41) is 10.3. The zero-order chi connectivity index (χ0) is 17.5. The first-order valence-electron chi connectivity index (χ1n) is 8.37. The van der Waals surface area contributed by atoms with E-state index >= 15 is 0 Å². The van der Waals surface area contributed by atoms with Crippen molar-refractivity contribution in [2.75, 3.05) is 26.8 Å². The smallest absolute Gasteiger partial charge is 0.119 e. The van der Waals surface area contributed by atoms with Gasteiger partial charge in [0.05, 0.1) is 25.4 Å². The standard InChI is InChI=1S/C19H33NO3/c1-15(2)11-20(13-17(21)14-23-19(3,4)5)12-16-8-7-9-18(10-16)22-6/h7-10,15,17,21H,11-14H2,1-6H3/t17-/m1/s1. The van der Waals surface area contributed by atoms with Gasteiger partial charge in [-0.05, 0) is 44.4 Å². The fourth-order valence-corrected chi connectivity index (χ4v) is 2.45. The summed E-state index contributed by atoms with van der Waals surface area (Å²) < 4.78 is 11.0. The Balaban J connectivity index is 2.64. The van der Waals surface area contributed by atoms with Crippen LogP contribution < -0.4 is 4.74 Å². The first kappa shape index (κ1) is 19.9. The van der Waals surface area contributed by atoms with Crippen LogP contribution in [0.25, 0.3) is 0 Å². The molecule has 0 fully saturated rings. The van der Waals surface area contributed by atoms with Gasteiger partial charge in [-0.3, -0.25) is 4.90 Å². The number of benzene rings is 1. The maximum Gasteiger partial charge on any atom is 0.119 e. The molecule has 0 unspecified atom stereocenters. The van der Waals surface area contributed by atoms with E-state index in [1.807, 2.05) is 39.0 Å². The van der Waals surface area contributed by atoms with Gasteiger partial charge < -0.3 is 14.6 Å². The number of ether oxygens (including phenoxy) is 2. The van der Waals surface area contributed by atoms with E-state index in [-0.39, 0.29) is 5.60 Å². The minimum Gasteiger partial charge on any atom is -0.497 e. The lowest BCUT2D eigenvalue weighted by Crippen LogP contribution is -2.38. The summed E-state index contributed by atoms with van der Waals surface area (Å²) in [7, 11) is 1.68. The second kappa shape index (κ2) is 9.26. The van der Waals surface area contributed by atoms with Gasteiger partial charge >= 0.3 is 0 Å². The number of hydrogen-bond donors (Lipinski definition) is 1. The van der Waals surface area contributed by atoms with E-state index in [4.69, 9.17) is 9.47 Å². The third kappa shape index (κ3) is 8.94. The van der Waals surface area contributed by atoms with Gasteiger partial charge in [-0.25, -0.2) is 0 Å². The minimum absolute atomic E-state index is 0.226. The summed E-state index contributed by atoms with van der Waals surface area (Å²) in [6.45, 7) is 13.1. The van der Waals surface area contributed by atoms with Crippen LogP contribution in [0.2, 0.25) is 0 Å². The van der Waals surface area contributed by atoms with Crippen LogP contribution in [0.5, 0.6) is 5.75 Å². The second-order valence-electron chi connectivity index (χ2n) is 7.52. The molecular formula is C19H33NO3. The first-order chi connectivity index (χ1) is 10.7. The predicted octanol–water partition coefficient (Wildman–Crippen LogP) is 3.33. The van der Waals surface area contributed by atoms with Gasteiger partial charge in [0, 0.05) is 19.6 Å². The van der Waals surface area contributed by atoms with Crippen LogP contribution in [0.4, 0.5) is 0 Å². The molecule has 1 rings (SSSR count). The van der Waals surface area contributed by atoms with E-state index in [9.17, 15) is 5.11 Å². The molecule has 0 heterocycles. The average molecular weight is 323 g/mol. The van der Waals surface area contributed by atoms with Gasteiger partial charge in [-0.2, -0.15) is 0 Å². The zero-order valence-corrected chi connectivity index (χ0v) is 15.5. The van der Waals surface area contributed by atoms with E-state index in [1.54, 1.807) is 7.11 Å². The quantitative estimate of drug-likeness (QED) is 0.757. The Bertz CT molecular complexity index is 454. The summed E-state index contributed by atoms with van der Waals surface area (Å²) in [4.78, 5) is 2.27. The fraction of sp³-hybridized carbons (Fsp3) is 0.684. The number of hydrogen-bond acceptors (Lipinski definition) is 4. The molecule has 23 heavy (non-hydrogen) atoms. The van der Waals surface area contributed by atoms with Gasteiger partial charge in [0.25, 0.3) is 0 Å². The van der Waals surface area contributed by atoms with E-state index in [0.29, 0.717) is 19.1 Å². The number of rotatable bonds is 9. The van der Waals surface area contributed by atoms with Crippen LogP contribution in [0.3, 0.4) is 0 Å². The van der Waals surface area contributed by atoms with Crippen molar-refractivity contribution >= 4 is 0 Å². The third-order valence-electron chi connectivity index (χ3n) is 3.34. The van der Waals surface area contributed by atoms with Crippen molar-refractivity contribution in [2.45, 2.75) is 52.9 Å². The van der Waals surface area contributed by atoms with E-state index in [0.717, 1.165) is 18.8 Å². The summed E-state index contributed by atoms with van der Waals surface area (Å²) in [5.74, 6) is 1.40. The Morgan fingerprint density at radius 2 is 1.87 bits per heavy atom. The van der Waals surface area contributed by atoms with Crippen LogP contribution >= 0.6 is 0 Å². The van der Waals surface area contributed by atoms with E-state index in [1.165, 1.54) is 5.56 Å². The number of methoxy groups -OCH3 is 1. The lowest BCUT2D eigenvalue weighted by molar-refractivity contribution is -0.0573. The molecule has 132 valence electrons. The largest absolute Gasteiger partial charge is 0.497 e. The monoisotopic (exact) mass is 323 g/mol. The lowest BCUT2D eigenvalue weighted by atomic mass is 10.1. The molecular weight excluding hydrogens is 290 g/mol. The highest BCUT2D eigenvalue weighted by molar-refractivity contribution is 5.28. The molecule has 0 spiro atoms. The van der Waals surface area contributed by atoms with Crippen LogP contribution in [0.1, 0.15) is 40.2 Å². The summed E-state index contributed by atoms with van der Waals surface area (Å²) in [5.41, 5.74) is 0.963. The van der Waals surface area contributed by atoms with Crippen molar-refractivity contribution in [3.8, 4) is 5.75 Å². The molecule has 0 radical (unpaired) electrons. The summed E-state index contributed by atoms with van der Waals surface area (Å²) in [6.07, 6.45) is -0.487. The van der Waals surface area contributed by atoms with Crippen molar-refractivity contribution in [3.63, 3.8) is 0 Å². The van der Waals surface area contributed by atoms with Crippen LogP contribution in [-0.4, -0.2) is 48.5 Å². The topological polar surface area (TPSA) is 41.9 Å². The maximum atomic E-state index is 10.3. The first-order valence-corrected chi connectivity index (χ1v) is 8.37. The zero-order valence-electron chi connectivity index (χ0n) is 15.5. The lowest BCUT2D eigenvalue weighted by Gasteiger charge is -2.28. The molecule has 4 heteroatoms. The maximum absolute atomic E-state index is 10.3. The molecule has 0 bridgehead atoms. The Labute approximate surface area is 141 Å². The Morgan fingerprint density at radius 1 is 1.17 bits per heavy atom. The van der Waals surface area contributed by atoms with E-state index < -0.39 is 6.10 Å². The van der Waals surface area contributed by atoms with Crippen molar-refractivity contribution in [3.05, 3.63) is 29.8 Å². The molecule has 0 saturated heterocycles. The van der Waals surface area contributed by atoms with Crippen molar-refractivity contribution in [1.82, 2.24) is 4.90 Å². The highest BCUT2D eigenvalue weighted by Gasteiger charge is 2.17. The van der Waals surface area contributed by atoms with Crippen molar-refractivity contribution in [1.29, 1.82) is 0 Å².